The second-order valence-electron chi connectivity index (χ2n) is 6.72. The van der Waals surface area contributed by atoms with E-state index >= 15 is 0 Å². The Labute approximate surface area is 171 Å². The smallest absolute Gasteiger partial charge is 0.336 e. The van der Waals surface area contributed by atoms with E-state index in [1.807, 2.05) is 19.1 Å². The lowest BCUT2D eigenvalue weighted by Gasteiger charge is -2.15. The molecule has 1 atom stereocenters. The quantitative estimate of drug-likeness (QED) is 0.639. The van der Waals surface area contributed by atoms with Crippen molar-refractivity contribution in [2.24, 2.45) is 0 Å². The summed E-state index contributed by atoms with van der Waals surface area (Å²) in [6.45, 7) is 3.60. The van der Waals surface area contributed by atoms with E-state index in [0.717, 1.165) is 11.1 Å². The topological polar surface area (TPSA) is 87.0 Å². The maximum Gasteiger partial charge on any atom is 0.336 e. The summed E-state index contributed by atoms with van der Waals surface area (Å²) in [6, 6.07) is 9.81. The molecule has 0 saturated heterocycles. The summed E-state index contributed by atoms with van der Waals surface area (Å²) < 4.78 is 21.4. The highest BCUT2D eigenvalue weighted by Gasteiger charge is 2.17. The van der Waals surface area contributed by atoms with Crippen molar-refractivity contribution in [3.8, 4) is 17.2 Å². The Hall–Kier alpha value is -3.19. The molecule has 0 radical (unpaired) electrons. The maximum atomic E-state index is 12.3. The molecule has 0 spiro atoms. The van der Waals surface area contributed by atoms with Gasteiger partial charge in [0.25, 0.3) is 5.91 Å². The molecule has 2 heterocycles. The Morgan fingerprint density at radius 3 is 2.83 bits per heavy atom. The lowest BCUT2D eigenvalue weighted by Crippen LogP contribution is -2.31. The third-order valence-corrected chi connectivity index (χ3v) is 4.93. The molecule has 1 amide bonds. The molecule has 0 aliphatic carbocycles. The molecule has 2 aromatic carbocycles. The molecule has 7 nitrogen and oxygen atoms in total. The van der Waals surface area contributed by atoms with Crippen molar-refractivity contribution in [1.29, 1.82) is 0 Å². The highest BCUT2D eigenvalue weighted by Crippen LogP contribution is 2.34. The van der Waals surface area contributed by atoms with Crippen LogP contribution in [0.25, 0.3) is 11.0 Å². The number of fused-ring (bicyclic) bond motifs is 2. The van der Waals surface area contributed by atoms with E-state index in [2.05, 4.69) is 5.32 Å². The predicted molar refractivity (Wildman–Crippen MR) is 107 cm³/mol. The van der Waals surface area contributed by atoms with Gasteiger partial charge in [-0.3, -0.25) is 4.79 Å². The number of carbonyl (C=O) groups is 1. The molecule has 3 aromatic rings. The lowest BCUT2D eigenvalue weighted by molar-refractivity contribution is -0.123. The number of amides is 1. The summed E-state index contributed by atoms with van der Waals surface area (Å²) in [6.07, 6.45) is 0. The maximum absolute atomic E-state index is 12.3. The van der Waals surface area contributed by atoms with E-state index in [9.17, 15) is 9.59 Å². The number of nitrogens with one attached hydrogen (secondary N) is 1. The minimum absolute atomic E-state index is 0.194. The van der Waals surface area contributed by atoms with Crippen molar-refractivity contribution in [3.05, 3.63) is 63.0 Å². The molecule has 0 bridgehead atoms. The average molecular weight is 416 g/mol. The molecular weight excluding hydrogens is 398 g/mol. The molecule has 8 heteroatoms. The molecule has 1 aliphatic heterocycles. The molecule has 1 aliphatic rings. The number of aryl methyl sites for hydroxylation is 1. The minimum Gasteiger partial charge on any atom is -0.482 e. The SMILES string of the molecule is Cc1cc(=O)oc2cc(OCC(=O)N[C@@H](C)c3ccc4c(c3)OCO4)c(Cl)cc12. The van der Waals surface area contributed by atoms with Crippen LogP contribution >= 0.6 is 11.6 Å². The monoisotopic (exact) mass is 415 g/mol. The molecule has 29 heavy (non-hydrogen) atoms. The van der Waals surface area contributed by atoms with Gasteiger partial charge < -0.3 is 23.9 Å². The van der Waals surface area contributed by atoms with Gasteiger partial charge in [0.05, 0.1) is 11.1 Å². The van der Waals surface area contributed by atoms with Crippen molar-refractivity contribution in [1.82, 2.24) is 5.32 Å². The molecule has 0 fully saturated rings. The first kappa shape index (κ1) is 19.1. The zero-order valence-electron chi connectivity index (χ0n) is 15.8. The normalized spacial score (nSPS) is 13.3. The first-order valence-electron chi connectivity index (χ1n) is 8.96. The van der Waals surface area contributed by atoms with Crippen molar-refractivity contribution < 1.29 is 23.4 Å². The van der Waals surface area contributed by atoms with Gasteiger partial charge in [-0.15, -0.1) is 0 Å². The summed E-state index contributed by atoms with van der Waals surface area (Å²) in [4.78, 5) is 23.9. The van der Waals surface area contributed by atoms with Crippen molar-refractivity contribution in [2.45, 2.75) is 19.9 Å². The summed E-state index contributed by atoms with van der Waals surface area (Å²) in [7, 11) is 0. The third-order valence-electron chi connectivity index (χ3n) is 4.64. The van der Waals surface area contributed by atoms with Crippen LogP contribution in [0.4, 0.5) is 0 Å². The fourth-order valence-electron chi connectivity index (χ4n) is 3.12. The highest BCUT2D eigenvalue weighted by molar-refractivity contribution is 6.32. The molecule has 1 aromatic heterocycles. The largest absolute Gasteiger partial charge is 0.482 e. The molecule has 0 saturated carbocycles. The Morgan fingerprint density at radius 1 is 1.21 bits per heavy atom. The number of ether oxygens (including phenoxy) is 3. The van der Waals surface area contributed by atoms with Gasteiger partial charge in [0.15, 0.2) is 18.1 Å². The van der Waals surface area contributed by atoms with E-state index in [1.54, 1.807) is 19.1 Å². The standard InChI is InChI=1S/C21H18ClNO6/c1-11-5-21(25)29-17-8-18(15(22)7-14(11)17)26-9-20(24)23-12(2)13-3-4-16-19(6-13)28-10-27-16/h3-8,12H,9-10H2,1-2H3,(H,23,24)/t12-/m0/s1. The van der Waals surface area contributed by atoms with Gasteiger partial charge in [-0.2, -0.15) is 0 Å². The molecular formula is C21H18ClNO6. The highest BCUT2D eigenvalue weighted by atomic mass is 35.5. The minimum atomic E-state index is -0.460. The van der Waals surface area contributed by atoms with Gasteiger partial charge in [0.2, 0.25) is 6.79 Å². The van der Waals surface area contributed by atoms with Crippen LogP contribution in [0.2, 0.25) is 5.02 Å². The van der Waals surface area contributed by atoms with Gasteiger partial charge in [0, 0.05) is 17.5 Å². The van der Waals surface area contributed by atoms with Crippen LogP contribution in [-0.4, -0.2) is 19.3 Å². The second-order valence-corrected chi connectivity index (χ2v) is 7.13. The second kappa shape index (κ2) is 7.67. The Balaban J connectivity index is 1.43. The van der Waals surface area contributed by atoms with Crippen molar-refractivity contribution >= 4 is 28.5 Å². The molecule has 1 N–H and O–H groups in total. The number of hydrogen-bond donors (Lipinski definition) is 1. The first-order valence-corrected chi connectivity index (χ1v) is 9.34. The van der Waals surface area contributed by atoms with E-state index < -0.39 is 5.63 Å². The lowest BCUT2D eigenvalue weighted by atomic mass is 10.1. The van der Waals surface area contributed by atoms with Gasteiger partial charge in [-0.25, -0.2) is 4.79 Å². The molecule has 4 rings (SSSR count). The average Bonchev–Trinajstić information content (AvgIpc) is 3.14. The van der Waals surface area contributed by atoms with Crippen LogP contribution < -0.4 is 25.2 Å². The van der Waals surface area contributed by atoms with Gasteiger partial charge in [-0.05, 0) is 43.2 Å². The van der Waals surface area contributed by atoms with Crippen LogP contribution in [0.1, 0.15) is 24.1 Å². The van der Waals surface area contributed by atoms with Gasteiger partial charge in [-0.1, -0.05) is 17.7 Å². The van der Waals surface area contributed by atoms with Crippen molar-refractivity contribution in [2.75, 3.05) is 13.4 Å². The van der Waals surface area contributed by atoms with Crippen LogP contribution in [0, 0.1) is 6.92 Å². The van der Waals surface area contributed by atoms with E-state index in [0.29, 0.717) is 27.5 Å². The summed E-state index contributed by atoms with van der Waals surface area (Å²) >= 11 is 6.25. The fraction of sp³-hybridized carbons (Fsp3) is 0.238. The number of carbonyl (C=O) groups excluding carboxylic acids is 1. The number of hydrogen-bond acceptors (Lipinski definition) is 6. The Morgan fingerprint density at radius 2 is 2.00 bits per heavy atom. The zero-order chi connectivity index (χ0) is 20.5. The van der Waals surface area contributed by atoms with Crippen LogP contribution in [0.3, 0.4) is 0 Å². The van der Waals surface area contributed by atoms with Crippen LogP contribution in [0.15, 0.2) is 45.6 Å². The van der Waals surface area contributed by atoms with Gasteiger partial charge in [0.1, 0.15) is 11.3 Å². The summed E-state index contributed by atoms with van der Waals surface area (Å²) in [5, 5.41) is 3.89. The Bertz CT molecular complexity index is 1160. The fourth-order valence-corrected chi connectivity index (χ4v) is 3.34. The zero-order valence-corrected chi connectivity index (χ0v) is 16.5. The summed E-state index contributed by atoms with van der Waals surface area (Å²) in [5.74, 6) is 1.28. The van der Waals surface area contributed by atoms with E-state index in [4.69, 9.17) is 30.2 Å². The van der Waals surface area contributed by atoms with Crippen molar-refractivity contribution in [3.63, 3.8) is 0 Å². The Kier molecular flexibility index (Phi) is 5.07. The number of benzene rings is 2. The van der Waals surface area contributed by atoms with Gasteiger partial charge >= 0.3 is 5.63 Å². The third kappa shape index (κ3) is 4.00. The summed E-state index contributed by atoms with van der Waals surface area (Å²) in [5.41, 5.74) is 1.52. The van der Waals surface area contributed by atoms with E-state index in [-0.39, 0.29) is 31.1 Å². The van der Waals surface area contributed by atoms with Crippen LogP contribution in [0.5, 0.6) is 17.2 Å². The van der Waals surface area contributed by atoms with E-state index in [1.165, 1.54) is 12.1 Å². The van der Waals surface area contributed by atoms with Crippen LogP contribution in [-0.2, 0) is 4.79 Å². The number of rotatable bonds is 5. The number of halogens is 1. The molecule has 150 valence electrons. The predicted octanol–water partition coefficient (Wildman–Crippen LogP) is 3.74. The first-order chi connectivity index (χ1) is 13.9. The molecule has 0 unspecified atom stereocenters.